The summed E-state index contributed by atoms with van der Waals surface area (Å²) in [6.45, 7) is 0. The molecule has 23 heavy (non-hydrogen) atoms. The lowest BCUT2D eigenvalue weighted by atomic mass is 10.1. The number of methoxy groups -OCH3 is 3. The fourth-order valence-corrected chi connectivity index (χ4v) is 3.25. The summed E-state index contributed by atoms with van der Waals surface area (Å²) in [6.07, 6.45) is 3.95. The largest absolute Gasteiger partial charge is 0.493 e. The predicted molar refractivity (Wildman–Crippen MR) is 94.6 cm³/mol. The van der Waals surface area contributed by atoms with Gasteiger partial charge in [-0.2, -0.15) is 0 Å². The van der Waals surface area contributed by atoms with E-state index in [0.717, 1.165) is 16.1 Å². The number of thiazole rings is 1. The van der Waals surface area contributed by atoms with Gasteiger partial charge in [-0.25, -0.2) is 4.98 Å². The maximum atomic E-state index is 5.48. The molecule has 1 heterocycles. The minimum absolute atomic E-state index is 0.585. The number of hydrogen-bond acceptors (Lipinski definition) is 5. The molecule has 4 nitrogen and oxygen atoms in total. The lowest BCUT2D eigenvalue weighted by Gasteiger charge is -2.13. The Morgan fingerprint density at radius 1 is 0.870 bits per heavy atom. The number of fused-ring (bicyclic) bond motifs is 1. The number of benzene rings is 2. The third-order valence-corrected chi connectivity index (χ3v) is 4.45. The van der Waals surface area contributed by atoms with Gasteiger partial charge in [0, 0.05) is 5.56 Å². The van der Waals surface area contributed by atoms with E-state index in [4.69, 9.17) is 14.2 Å². The number of rotatable bonds is 5. The van der Waals surface area contributed by atoms with Crippen molar-refractivity contribution in [3.05, 3.63) is 47.0 Å². The Hall–Kier alpha value is -2.53. The average molecular weight is 327 g/mol. The van der Waals surface area contributed by atoms with E-state index in [2.05, 4.69) is 11.1 Å². The molecule has 0 radical (unpaired) electrons. The molecular weight excluding hydrogens is 310 g/mol. The molecular formula is C18H17NO3S. The fourth-order valence-electron chi connectivity index (χ4n) is 2.38. The summed E-state index contributed by atoms with van der Waals surface area (Å²) in [7, 11) is 4.82. The second-order valence-electron chi connectivity index (χ2n) is 4.78. The zero-order valence-electron chi connectivity index (χ0n) is 13.2. The molecule has 0 amide bonds. The Morgan fingerprint density at radius 2 is 1.65 bits per heavy atom. The van der Waals surface area contributed by atoms with Gasteiger partial charge < -0.3 is 14.2 Å². The molecule has 5 heteroatoms. The number of para-hydroxylation sites is 1. The maximum Gasteiger partial charge on any atom is 0.203 e. The van der Waals surface area contributed by atoms with Crippen molar-refractivity contribution in [3.63, 3.8) is 0 Å². The SMILES string of the molecule is COc1ccc(C=Cc2nc3ccccc3s2)c(OC)c1OC. The molecule has 0 aliphatic heterocycles. The monoisotopic (exact) mass is 327 g/mol. The van der Waals surface area contributed by atoms with Crippen LogP contribution in [0.2, 0.25) is 0 Å². The first-order chi connectivity index (χ1) is 11.3. The van der Waals surface area contributed by atoms with Crippen molar-refractivity contribution in [3.8, 4) is 17.2 Å². The molecule has 3 aromatic rings. The summed E-state index contributed by atoms with van der Waals surface area (Å²) in [5, 5.41) is 0.947. The van der Waals surface area contributed by atoms with E-state index >= 15 is 0 Å². The van der Waals surface area contributed by atoms with Crippen molar-refractivity contribution in [2.45, 2.75) is 0 Å². The van der Waals surface area contributed by atoms with Crippen LogP contribution in [0.1, 0.15) is 10.6 Å². The molecule has 118 valence electrons. The standard InChI is InChI=1S/C18H17NO3S/c1-20-14-10-8-12(17(21-2)18(14)22-3)9-11-16-19-13-6-4-5-7-15(13)23-16/h4-11H,1-3H3. The fraction of sp³-hybridized carbons (Fsp3) is 0.167. The van der Waals surface area contributed by atoms with E-state index in [-0.39, 0.29) is 0 Å². The van der Waals surface area contributed by atoms with Crippen LogP contribution in [0.25, 0.3) is 22.4 Å². The highest BCUT2D eigenvalue weighted by atomic mass is 32.1. The summed E-state index contributed by atoms with van der Waals surface area (Å²) in [5.74, 6) is 1.87. The van der Waals surface area contributed by atoms with Gasteiger partial charge in [0.15, 0.2) is 11.5 Å². The van der Waals surface area contributed by atoms with Crippen LogP contribution in [0, 0.1) is 0 Å². The normalized spacial score (nSPS) is 11.1. The molecule has 0 aliphatic carbocycles. The van der Waals surface area contributed by atoms with Crippen molar-refractivity contribution in [1.82, 2.24) is 4.98 Å². The molecule has 0 saturated heterocycles. The first-order valence-corrected chi connectivity index (χ1v) is 7.91. The van der Waals surface area contributed by atoms with Crippen molar-refractivity contribution < 1.29 is 14.2 Å². The predicted octanol–water partition coefficient (Wildman–Crippen LogP) is 4.49. The molecule has 0 aliphatic rings. The van der Waals surface area contributed by atoms with Gasteiger partial charge in [0.1, 0.15) is 5.01 Å². The smallest absolute Gasteiger partial charge is 0.203 e. The van der Waals surface area contributed by atoms with Gasteiger partial charge in [0.25, 0.3) is 0 Å². The van der Waals surface area contributed by atoms with Crippen LogP contribution in [0.15, 0.2) is 36.4 Å². The van der Waals surface area contributed by atoms with Crippen molar-refractivity contribution in [2.24, 2.45) is 0 Å². The Labute approximate surface area is 139 Å². The second-order valence-corrected chi connectivity index (χ2v) is 5.84. The average Bonchev–Trinajstić information content (AvgIpc) is 3.01. The number of nitrogens with zero attached hydrogens (tertiary/aromatic N) is 1. The topological polar surface area (TPSA) is 40.6 Å². The van der Waals surface area contributed by atoms with Crippen LogP contribution in [-0.4, -0.2) is 26.3 Å². The summed E-state index contributed by atoms with van der Waals surface area (Å²) >= 11 is 1.65. The van der Waals surface area contributed by atoms with E-state index in [0.29, 0.717) is 17.2 Å². The lowest BCUT2D eigenvalue weighted by Crippen LogP contribution is -1.96. The number of aromatic nitrogens is 1. The van der Waals surface area contributed by atoms with Crippen molar-refractivity contribution in [1.29, 1.82) is 0 Å². The minimum atomic E-state index is 0.585. The summed E-state index contributed by atoms with van der Waals surface area (Å²) in [4.78, 5) is 4.59. The van der Waals surface area contributed by atoms with Gasteiger partial charge in [-0.1, -0.05) is 12.1 Å². The van der Waals surface area contributed by atoms with E-state index in [1.165, 1.54) is 4.70 Å². The Kier molecular flexibility index (Phi) is 4.48. The van der Waals surface area contributed by atoms with Crippen molar-refractivity contribution in [2.75, 3.05) is 21.3 Å². The maximum absolute atomic E-state index is 5.48. The first-order valence-electron chi connectivity index (χ1n) is 7.09. The summed E-state index contributed by atoms with van der Waals surface area (Å²) < 4.78 is 17.4. The second kappa shape index (κ2) is 6.71. The number of ether oxygens (including phenoxy) is 3. The van der Waals surface area contributed by atoms with Crippen LogP contribution >= 0.6 is 11.3 Å². The van der Waals surface area contributed by atoms with Crippen LogP contribution < -0.4 is 14.2 Å². The van der Waals surface area contributed by atoms with Gasteiger partial charge in [-0.05, 0) is 36.4 Å². The third-order valence-electron chi connectivity index (χ3n) is 3.45. The Morgan fingerprint density at radius 3 is 2.35 bits per heavy atom. The molecule has 0 N–H and O–H groups in total. The van der Waals surface area contributed by atoms with Gasteiger partial charge in [0.2, 0.25) is 5.75 Å². The molecule has 0 saturated carbocycles. The molecule has 0 bridgehead atoms. The lowest BCUT2D eigenvalue weighted by molar-refractivity contribution is 0.324. The number of hydrogen-bond donors (Lipinski definition) is 0. The van der Waals surface area contributed by atoms with E-state index in [1.807, 2.05) is 42.5 Å². The highest BCUT2D eigenvalue weighted by Gasteiger charge is 2.14. The summed E-state index contributed by atoms with van der Waals surface area (Å²) in [5.41, 5.74) is 1.92. The van der Waals surface area contributed by atoms with E-state index in [9.17, 15) is 0 Å². The van der Waals surface area contributed by atoms with Crippen molar-refractivity contribution >= 4 is 33.7 Å². The van der Waals surface area contributed by atoms with Crippen LogP contribution in [0.5, 0.6) is 17.2 Å². The molecule has 0 atom stereocenters. The highest BCUT2D eigenvalue weighted by Crippen LogP contribution is 2.40. The van der Waals surface area contributed by atoms with Gasteiger partial charge >= 0.3 is 0 Å². The Balaban J connectivity index is 1.98. The zero-order valence-corrected chi connectivity index (χ0v) is 14.0. The molecule has 0 fully saturated rings. The molecule has 2 aromatic carbocycles. The van der Waals surface area contributed by atoms with E-state index in [1.54, 1.807) is 32.7 Å². The van der Waals surface area contributed by atoms with Gasteiger partial charge in [0.05, 0.1) is 31.5 Å². The van der Waals surface area contributed by atoms with Crippen LogP contribution in [0.4, 0.5) is 0 Å². The molecule has 0 spiro atoms. The minimum Gasteiger partial charge on any atom is -0.493 e. The summed E-state index contributed by atoms with van der Waals surface area (Å²) in [6, 6.07) is 11.9. The zero-order chi connectivity index (χ0) is 16.2. The van der Waals surface area contributed by atoms with E-state index < -0.39 is 0 Å². The quantitative estimate of drug-likeness (QED) is 0.692. The van der Waals surface area contributed by atoms with Gasteiger partial charge in [-0.15, -0.1) is 11.3 Å². The third kappa shape index (κ3) is 3.00. The Bertz CT molecular complexity index is 822. The van der Waals surface area contributed by atoms with Crippen LogP contribution in [-0.2, 0) is 0 Å². The molecule has 0 unspecified atom stereocenters. The highest BCUT2D eigenvalue weighted by molar-refractivity contribution is 7.19. The molecule has 3 rings (SSSR count). The molecule has 1 aromatic heterocycles. The van der Waals surface area contributed by atoms with Gasteiger partial charge in [-0.3, -0.25) is 0 Å². The van der Waals surface area contributed by atoms with Crippen LogP contribution in [0.3, 0.4) is 0 Å². The first kappa shape index (κ1) is 15.4.